The molecular formula is C17H27N3O2. The number of amides is 2. The van der Waals surface area contributed by atoms with Crippen molar-refractivity contribution in [2.75, 3.05) is 46.4 Å². The van der Waals surface area contributed by atoms with Crippen LogP contribution in [0.2, 0.25) is 0 Å². The van der Waals surface area contributed by atoms with Gasteiger partial charge >= 0.3 is 6.03 Å². The average molecular weight is 305 g/mol. The summed E-state index contributed by atoms with van der Waals surface area (Å²) in [4.78, 5) is 16.2. The normalized spacial score (nSPS) is 15.6. The van der Waals surface area contributed by atoms with Gasteiger partial charge in [0.05, 0.1) is 7.11 Å². The Balaban J connectivity index is 1.74. The van der Waals surface area contributed by atoms with Crippen LogP contribution in [0.1, 0.15) is 18.9 Å². The van der Waals surface area contributed by atoms with Gasteiger partial charge in [0, 0.05) is 39.3 Å². The molecule has 1 aliphatic rings. The van der Waals surface area contributed by atoms with Crippen molar-refractivity contribution in [1.82, 2.24) is 15.1 Å². The molecule has 5 nitrogen and oxygen atoms in total. The molecule has 0 aliphatic carbocycles. The molecular weight excluding hydrogens is 278 g/mol. The Bertz CT molecular complexity index is 471. The molecule has 2 rings (SSSR count). The van der Waals surface area contributed by atoms with Gasteiger partial charge in [-0.2, -0.15) is 0 Å². The molecule has 1 aromatic rings. The minimum absolute atomic E-state index is 0.0752. The highest BCUT2D eigenvalue weighted by molar-refractivity contribution is 5.74. The maximum atomic E-state index is 11.9. The molecule has 1 aliphatic heterocycles. The number of carbonyl (C=O) groups excluding carboxylic acids is 1. The van der Waals surface area contributed by atoms with Crippen LogP contribution in [-0.4, -0.2) is 62.2 Å². The van der Waals surface area contributed by atoms with E-state index in [1.54, 1.807) is 7.11 Å². The Hall–Kier alpha value is -1.75. The predicted octanol–water partition coefficient (Wildman–Crippen LogP) is 1.97. The number of hydrogen-bond donors (Lipinski definition) is 1. The lowest BCUT2D eigenvalue weighted by atomic mass is 10.1. The van der Waals surface area contributed by atoms with Gasteiger partial charge in [0.2, 0.25) is 0 Å². The summed E-state index contributed by atoms with van der Waals surface area (Å²) in [6.45, 7) is 7.32. The maximum absolute atomic E-state index is 11.9. The fourth-order valence-corrected chi connectivity index (χ4v) is 2.71. The number of rotatable bonds is 6. The van der Waals surface area contributed by atoms with Crippen molar-refractivity contribution in [2.24, 2.45) is 0 Å². The fourth-order valence-electron chi connectivity index (χ4n) is 2.71. The van der Waals surface area contributed by atoms with E-state index in [2.05, 4.69) is 23.2 Å². The zero-order chi connectivity index (χ0) is 15.8. The van der Waals surface area contributed by atoms with E-state index in [4.69, 9.17) is 4.74 Å². The molecule has 0 aromatic heterocycles. The molecule has 0 unspecified atom stereocenters. The SMILES string of the molecule is CCCNC(=O)N1CCN(CCc2ccccc2OC)CC1. The van der Waals surface area contributed by atoms with E-state index in [0.29, 0.717) is 0 Å². The molecule has 0 radical (unpaired) electrons. The molecule has 1 N–H and O–H groups in total. The van der Waals surface area contributed by atoms with Gasteiger partial charge in [0.15, 0.2) is 0 Å². The lowest BCUT2D eigenvalue weighted by Gasteiger charge is -2.34. The Morgan fingerprint density at radius 2 is 1.95 bits per heavy atom. The number of methoxy groups -OCH3 is 1. The zero-order valence-electron chi connectivity index (χ0n) is 13.7. The summed E-state index contributed by atoms with van der Waals surface area (Å²) in [6, 6.07) is 8.24. The highest BCUT2D eigenvalue weighted by atomic mass is 16.5. The number of nitrogens with one attached hydrogen (secondary N) is 1. The number of carbonyl (C=O) groups is 1. The molecule has 5 heteroatoms. The highest BCUT2D eigenvalue weighted by Crippen LogP contribution is 2.18. The Morgan fingerprint density at radius 3 is 2.64 bits per heavy atom. The quantitative estimate of drug-likeness (QED) is 0.874. The molecule has 122 valence electrons. The van der Waals surface area contributed by atoms with Crippen LogP contribution in [0.4, 0.5) is 4.79 Å². The molecule has 22 heavy (non-hydrogen) atoms. The van der Waals surface area contributed by atoms with Gasteiger partial charge in [-0.1, -0.05) is 25.1 Å². The van der Waals surface area contributed by atoms with Crippen molar-refractivity contribution in [3.05, 3.63) is 29.8 Å². The molecule has 1 saturated heterocycles. The van der Waals surface area contributed by atoms with Crippen molar-refractivity contribution < 1.29 is 9.53 Å². The number of piperazine rings is 1. The Kier molecular flexibility index (Phi) is 6.52. The monoisotopic (exact) mass is 305 g/mol. The summed E-state index contributed by atoms with van der Waals surface area (Å²) >= 11 is 0. The van der Waals surface area contributed by atoms with Crippen LogP contribution in [0.25, 0.3) is 0 Å². The molecule has 1 fully saturated rings. The van der Waals surface area contributed by atoms with Crippen LogP contribution in [0, 0.1) is 0 Å². The standard InChI is InChI=1S/C17H27N3O2/c1-3-9-18-17(21)20-13-11-19(12-14-20)10-8-15-6-4-5-7-16(15)22-2/h4-7H,3,8-14H2,1-2H3,(H,18,21). The summed E-state index contributed by atoms with van der Waals surface area (Å²) in [5.41, 5.74) is 1.24. The van der Waals surface area contributed by atoms with Crippen LogP contribution < -0.4 is 10.1 Å². The van der Waals surface area contributed by atoms with Crippen molar-refractivity contribution in [3.8, 4) is 5.75 Å². The number of hydrogen-bond acceptors (Lipinski definition) is 3. The number of ether oxygens (including phenoxy) is 1. The third-order valence-corrected chi connectivity index (χ3v) is 4.08. The molecule has 0 bridgehead atoms. The Morgan fingerprint density at radius 1 is 1.23 bits per heavy atom. The lowest BCUT2D eigenvalue weighted by molar-refractivity contribution is 0.140. The van der Waals surface area contributed by atoms with Gasteiger partial charge in [-0.3, -0.25) is 4.90 Å². The minimum atomic E-state index is 0.0752. The molecule has 1 aromatic carbocycles. The van der Waals surface area contributed by atoms with Gasteiger partial charge in [-0.15, -0.1) is 0 Å². The third-order valence-electron chi connectivity index (χ3n) is 4.08. The van der Waals surface area contributed by atoms with Gasteiger partial charge in [0.25, 0.3) is 0 Å². The first-order valence-electron chi connectivity index (χ1n) is 8.11. The molecule has 0 spiro atoms. The average Bonchev–Trinajstić information content (AvgIpc) is 2.58. The summed E-state index contributed by atoms with van der Waals surface area (Å²) in [5, 5.41) is 2.94. The van der Waals surface area contributed by atoms with Crippen LogP contribution in [0.5, 0.6) is 5.75 Å². The van der Waals surface area contributed by atoms with Gasteiger partial charge in [0.1, 0.15) is 5.75 Å². The van der Waals surface area contributed by atoms with E-state index in [1.165, 1.54) is 5.56 Å². The van der Waals surface area contributed by atoms with Crippen molar-refractivity contribution in [2.45, 2.75) is 19.8 Å². The second kappa shape index (κ2) is 8.63. The summed E-state index contributed by atoms with van der Waals surface area (Å²) in [7, 11) is 1.71. The Labute approximate surface area is 133 Å². The number of benzene rings is 1. The van der Waals surface area contributed by atoms with E-state index in [0.717, 1.165) is 57.9 Å². The van der Waals surface area contributed by atoms with Crippen LogP contribution in [-0.2, 0) is 6.42 Å². The van der Waals surface area contributed by atoms with Gasteiger partial charge in [-0.05, 0) is 24.5 Å². The van der Waals surface area contributed by atoms with Crippen molar-refractivity contribution >= 4 is 6.03 Å². The van der Waals surface area contributed by atoms with Crippen LogP contribution in [0.15, 0.2) is 24.3 Å². The second-order valence-corrected chi connectivity index (χ2v) is 5.62. The van der Waals surface area contributed by atoms with Crippen molar-refractivity contribution in [3.63, 3.8) is 0 Å². The summed E-state index contributed by atoms with van der Waals surface area (Å²) in [5.74, 6) is 0.958. The van der Waals surface area contributed by atoms with Crippen molar-refractivity contribution in [1.29, 1.82) is 0 Å². The third kappa shape index (κ3) is 4.63. The van der Waals surface area contributed by atoms with Gasteiger partial charge < -0.3 is 15.0 Å². The van der Waals surface area contributed by atoms with E-state index >= 15 is 0 Å². The maximum Gasteiger partial charge on any atom is 0.317 e. The van der Waals surface area contributed by atoms with E-state index in [-0.39, 0.29) is 6.03 Å². The first-order chi connectivity index (χ1) is 10.7. The summed E-state index contributed by atoms with van der Waals surface area (Å²) < 4.78 is 5.39. The van der Waals surface area contributed by atoms with E-state index in [1.807, 2.05) is 23.1 Å². The molecule has 1 heterocycles. The smallest absolute Gasteiger partial charge is 0.317 e. The fraction of sp³-hybridized carbons (Fsp3) is 0.588. The number of urea groups is 1. The largest absolute Gasteiger partial charge is 0.496 e. The van der Waals surface area contributed by atoms with E-state index in [9.17, 15) is 4.79 Å². The van der Waals surface area contributed by atoms with Gasteiger partial charge in [-0.25, -0.2) is 4.79 Å². The summed E-state index contributed by atoms with van der Waals surface area (Å²) in [6.07, 6.45) is 1.96. The minimum Gasteiger partial charge on any atom is -0.496 e. The molecule has 0 atom stereocenters. The van der Waals surface area contributed by atoms with Crippen LogP contribution in [0.3, 0.4) is 0 Å². The predicted molar refractivity (Wildman–Crippen MR) is 88.4 cm³/mol. The van der Waals surface area contributed by atoms with E-state index < -0.39 is 0 Å². The van der Waals surface area contributed by atoms with Crippen LogP contribution >= 0.6 is 0 Å². The zero-order valence-corrected chi connectivity index (χ0v) is 13.7. The first-order valence-corrected chi connectivity index (χ1v) is 8.11. The lowest BCUT2D eigenvalue weighted by Crippen LogP contribution is -2.52. The topological polar surface area (TPSA) is 44.8 Å². The highest BCUT2D eigenvalue weighted by Gasteiger charge is 2.20. The first kappa shape index (κ1) is 16.6. The second-order valence-electron chi connectivity index (χ2n) is 5.62. The molecule has 2 amide bonds. The molecule has 0 saturated carbocycles. The number of para-hydroxylation sites is 1. The number of nitrogens with zero attached hydrogens (tertiary/aromatic N) is 2.